The molecule has 4 heterocycles. The van der Waals surface area contributed by atoms with E-state index in [9.17, 15) is 4.79 Å². The first kappa shape index (κ1) is 11.5. The molecule has 1 N–H and O–H groups in total. The Balaban J connectivity index is 1.58. The van der Waals surface area contributed by atoms with Crippen LogP contribution in [0.4, 0.5) is 0 Å². The third kappa shape index (κ3) is 1.97. The number of rotatable bonds is 2. The minimum atomic E-state index is 0.358. The molecule has 4 rings (SSSR count). The molecule has 0 saturated carbocycles. The SMILES string of the molecule is CCC(=O)N1C2CC1CN(C1CCNCC1)C2. The Morgan fingerprint density at radius 1 is 1.18 bits per heavy atom. The van der Waals surface area contributed by atoms with Crippen molar-refractivity contribution in [2.45, 2.75) is 50.7 Å². The standard InChI is InChI=1S/C13H23N3O/c1-2-13(17)16-11-7-12(16)9-15(8-11)10-3-5-14-6-4-10/h10-12,14H,2-9H2,1H3. The van der Waals surface area contributed by atoms with Gasteiger partial charge in [-0.15, -0.1) is 0 Å². The van der Waals surface area contributed by atoms with Crippen molar-refractivity contribution in [3.63, 3.8) is 0 Å². The maximum absolute atomic E-state index is 11.8. The molecule has 0 radical (unpaired) electrons. The van der Waals surface area contributed by atoms with Crippen molar-refractivity contribution in [1.82, 2.24) is 15.1 Å². The molecule has 4 aliphatic rings. The molecule has 4 aliphatic heterocycles. The molecule has 0 aromatic rings. The molecule has 96 valence electrons. The number of carbonyl (C=O) groups excluding carboxylic acids is 1. The van der Waals surface area contributed by atoms with Crippen LogP contribution in [0.1, 0.15) is 32.6 Å². The second-order valence-electron chi connectivity index (χ2n) is 5.63. The van der Waals surface area contributed by atoms with Gasteiger partial charge >= 0.3 is 0 Å². The van der Waals surface area contributed by atoms with Crippen LogP contribution in [0, 0.1) is 0 Å². The van der Waals surface area contributed by atoms with Crippen LogP contribution in [-0.2, 0) is 4.79 Å². The van der Waals surface area contributed by atoms with E-state index >= 15 is 0 Å². The highest BCUT2D eigenvalue weighted by molar-refractivity contribution is 5.77. The van der Waals surface area contributed by atoms with E-state index in [-0.39, 0.29) is 0 Å². The highest BCUT2D eigenvalue weighted by Gasteiger charge is 2.47. The number of amides is 1. The summed E-state index contributed by atoms with van der Waals surface area (Å²) in [4.78, 5) is 16.6. The van der Waals surface area contributed by atoms with Crippen molar-refractivity contribution in [2.24, 2.45) is 0 Å². The number of piperidine rings is 2. The van der Waals surface area contributed by atoms with Crippen molar-refractivity contribution in [2.75, 3.05) is 26.2 Å². The molecule has 2 bridgehead atoms. The highest BCUT2D eigenvalue weighted by Crippen LogP contribution is 2.34. The number of hydrogen-bond donors (Lipinski definition) is 1. The molecular formula is C13H23N3O. The van der Waals surface area contributed by atoms with Gasteiger partial charge in [0.15, 0.2) is 0 Å². The summed E-state index contributed by atoms with van der Waals surface area (Å²) in [6.07, 6.45) is 4.47. The summed E-state index contributed by atoms with van der Waals surface area (Å²) >= 11 is 0. The van der Waals surface area contributed by atoms with Gasteiger partial charge in [0, 0.05) is 37.6 Å². The Labute approximate surface area is 103 Å². The van der Waals surface area contributed by atoms with Crippen molar-refractivity contribution < 1.29 is 4.79 Å². The van der Waals surface area contributed by atoms with Crippen LogP contribution in [0.5, 0.6) is 0 Å². The van der Waals surface area contributed by atoms with E-state index in [4.69, 9.17) is 0 Å². The zero-order chi connectivity index (χ0) is 11.8. The largest absolute Gasteiger partial charge is 0.334 e. The van der Waals surface area contributed by atoms with Gasteiger partial charge in [-0.2, -0.15) is 0 Å². The van der Waals surface area contributed by atoms with Gasteiger partial charge in [-0.3, -0.25) is 9.69 Å². The van der Waals surface area contributed by atoms with Crippen molar-refractivity contribution >= 4 is 5.91 Å². The molecule has 4 heteroatoms. The summed E-state index contributed by atoms with van der Waals surface area (Å²) in [5.41, 5.74) is 0. The van der Waals surface area contributed by atoms with Gasteiger partial charge in [0.1, 0.15) is 0 Å². The average Bonchev–Trinajstić information content (AvgIpc) is 2.39. The topological polar surface area (TPSA) is 35.6 Å². The Kier molecular flexibility index (Phi) is 3.09. The molecule has 2 atom stereocenters. The Hall–Kier alpha value is -0.610. The fourth-order valence-electron chi connectivity index (χ4n) is 3.70. The Bertz CT molecular complexity index is 289. The minimum Gasteiger partial charge on any atom is -0.334 e. The van der Waals surface area contributed by atoms with Gasteiger partial charge in [0.2, 0.25) is 5.91 Å². The fourth-order valence-corrected chi connectivity index (χ4v) is 3.70. The smallest absolute Gasteiger partial charge is 0.222 e. The molecule has 0 aromatic heterocycles. The molecule has 4 saturated heterocycles. The number of fused-ring (bicyclic) bond motifs is 2. The van der Waals surface area contributed by atoms with E-state index in [0.717, 1.165) is 32.2 Å². The van der Waals surface area contributed by atoms with E-state index < -0.39 is 0 Å². The molecule has 4 fully saturated rings. The molecule has 0 aliphatic carbocycles. The normalized spacial score (nSPS) is 34.5. The molecule has 0 aromatic carbocycles. The molecule has 0 spiro atoms. The Morgan fingerprint density at radius 3 is 2.41 bits per heavy atom. The lowest BCUT2D eigenvalue weighted by Crippen LogP contribution is -2.71. The Morgan fingerprint density at radius 2 is 1.82 bits per heavy atom. The van der Waals surface area contributed by atoms with Crippen molar-refractivity contribution in [3.05, 3.63) is 0 Å². The van der Waals surface area contributed by atoms with Crippen molar-refractivity contribution in [1.29, 1.82) is 0 Å². The second kappa shape index (κ2) is 4.58. The van der Waals surface area contributed by atoms with E-state index in [2.05, 4.69) is 15.1 Å². The van der Waals surface area contributed by atoms with Crippen molar-refractivity contribution in [3.8, 4) is 0 Å². The van der Waals surface area contributed by atoms with Gasteiger partial charge in [0.05, 0.1) is 0 Å². The van der Waals surface area contributed by atoms with E-state index in [0.29, 0.717) is 24.4 Å². The molecular weight excluding hydrogens is 214 g/mol. The quantitative estimate of drug-likeness (QED) is 0.757. The summed E-state index contributed by atoms with van der Waals surface area (Å²) in [5.74, 6) is 0.358. The fraction of sp³-hybridized carbons (Fsp3) is 0.923. The number of piperazine rings is 1. The van der Waals surface area contributed by atoms with Gasteiger partial charge in [0.25, 0.3) is 0 Å². The first-order valence-electron chi connectivity index (χ1n) is 7.05. The monoisotopic (exact) mass is 237 g/mol. The van der Waals surface area contributed by atoms with Crippen LogP contribution in [0.3, 0.4) is 0 Å². The minimum absolute atomic E-state index is 0.358. The first-order valence-corrected chi connectivity index (χ1v) is 7.05. The number of hydrogen-bond acceptors (Lipinski definition) is 3. The summed E-state index contributed by atoms with van der Waals surface area (Å²) in [7, 11) is 0. The zero-order valence-corrected chi connectivity index (χ0v) is 10.7. The second-order valence-corrected chi connectivity index (χ2v) is 5.63. The lowest BCUT2D eigenvalue weighted by atomic mass is 9.85. The highest BCUT2D eigenvalue weighted by atomic mass is 16.2. The lowest BCUT2D eigenvalue weighted by molar-refractivity contribution is -0.155. The molecule has 1 amide bonds. The summed E-state index contributed by atoms with van der Waals surface area (Å²) in [6.45, 7) is 6.53. The van der Waals surface area contributed by atoms with E-state index in [1.165, 1.54) is 19.3 Å². The van der Waals surface area contributed by atoms with E-state index in [1.807, 2.05) is 6.92 Å². The van der Waals surface area contributed by atoms with Crippen LogP contribution < -0.4 is 5.32 Å². The molecule has 4 nitrogen and oxygen atoms in total. The van der Waals surface area contributed by atoms with Gasteiger partial charge in [-0.05, 0) is 32.4 Å². The van der Waals surface area contributed by atoms with Gasteiger partial charge in [-0.25, -0.2) is 0 Å². The average molecular weight is 237 g/mol. The summed E-state index contributed by atoms with van der Waals surface area (Å²) in [6, 6.07) is 1.81. The predicted molar refractivity (Wildman–Crippen MR) is 66.8 cm³/mol. The predicted octanol–water partition coefficient (Wildman–Crippen LogP) is 0.433. The summed E-state index contributed by atoms with van der Waals surface area (Å²) in [5, 5.41) is 3.42. The number of nitrogens with zero attached hydrogens (tertiary/aromatic N) is 2. The van der Waals surface area contributed by atoms with Gasteiger partial charge in [-0.1, -0.05) is 6.92 Å². The van der Waals surface area contributed by atoms with Crippen LogP contribution in [0.15, 0.2) is 0 Å². The van der Waals surface area contributed by atoms with Crippen LogP contribution in [0.25, 0.3) is 0 Å². The van der Waals surface area contributed by atoms with Gasteiger partial charge < -0.3 is 10.2 Å². The zero-order valence-electron chi connectivity index (χ0n) is 10.7. The van der Waals surface area contributed by atoms with E-state index in [1.54, 1.807) is 0 Å². The molecule has 17 heavy (non-hydrogen) atoms. The van der Waals surface area contributed by atoms with Crippen LogP contribution >= 0.6 is 0 Å². The summed E-state index contributed by atoms with van der Waals surface area (Å²) < 4.78 is 0. The third-order valence-electron chi connectivity index (χ3n) is 4.64. The maximum Gasteiger partial charge on any atom is 0.222 e. The molecule has 2 unspecified atom stereocenters. The lowest BCUT2D eigenvalue weighted by Gasteiger charge is -2.58. The van der Waals surface area contributed by atoms with Crippen LogP contribution in [0.2, 0.25) is 0 Å². The third-order valence-corrected chi connectivity index (χ3v) is 4.64. The number of carbonyl (C=O) groups is 1. The first-order chi connectivity index (χ1) is 8.29. The van der Waals surface area contributed by atoms with Crippen LogP contribution in [-0.4, -0.2) is 60.0 Å². The number of nitrogens with one attached hydrogen (secondary N) is 1. The maximum atomic E-state index is 11.8.